The van der Waals surface area contributed by atoms with Gasteiger partial charge in [0.2, 0.25) is 0 Å². The van der Waals surface area contributed by atoms with Gasteiger partial charge in [0, 0.05) is 12.3 Å². The third-order valence-electron chi connectivity index (χ3n) is 1.81. The standard InChI is InChI=1S/C9H15O3/c1-4-8(10)7(6(2)3)5-9(11)12/h7H,4-5H2,1-3H3,(H,11,12). The van der Waals surface area contributed by atoms with E-state index in [1.807, 2.05) is 0 Å². The van der Waals surface area contributed by atoms with Crippen molar-refractivity contribution in [2.24, 2.45) is 5.92 Å². The number of carboxylic acids is 1. The number of carboxylic acid groups (broad SMARTS) is 1. The van der Waals surface area contributed by atoms with Crippen molar-refractivity contribution < 1.29 is 14.7 Å². The van der Waals surface area contributed by atoms with Crippen LogP contribution in [0.25, 0.3) is 0 Å². The van der Waals surface area contributed by atoms with E-state index in [9.17, 15) is 9.59 Å². The van der Waals surface area contributed by atoms with E-state index in [1.54, 1.807) is 20.8 Å². The maximum atomic E-state index is 11.2. The van der Waals surface area contributed by atoms with E-state index in [2.05, 4.69) is 0 Å². The molecule has 0 fully saturated rings. The fourth-order valence-electron chi connectivity index (χ4n) is 1.06. The van der Waals surface area contributed by atoms with Gasteiger partial charge in [-0.3, -0.25) is 9.59 Å². The summed E-state index contributed by atoms with van der Waals surface area (Å²) in [5.74, 6) is -0.419. The lowest BCUT2D eigenvalue weighted by Gasteiger charge is -2.15. The molecular weight excluding hydrogens is 156 g/mol. The van der Waals surface area contributed by atoms with Crippen LogP contribution in [0.4, 0.5) is 0 Å². The van der Waals surface area contributed by atoms with Gasteiger partial charge in [0.25, 0.3) is 0 Å². The van der Waals surface area contributed by atoms with Crippen LogP contribution < -0.4 is 0 Å². The summed E-state index contributed by atoms with van der Waals surface area (Å²) < 4.78 is 0. The average Bonchev–Trinajstić information content (AvgIpc) is 1.98. The van der Waals surface area contributed by atoms with E-state index in [-0.39, 0.29) is 12.2 Å². The lowest BCUT2D eigenvalue weighted by Crippen LogP contribution is -2.21. The first kappa shape index (κ1) is 11.1. The predicted octanol–water partition coefficient (Wildman–Crippen LogP) is 1.67. The molecule has 1 N–H and O–H groups in total. The van der Waals surface area contributed by atoms with Crippen molar-refractivity contribution in [3.05, 3.63) is 5.92 Å². The second kappa shape index (κ2) is 4.91. The molecule has 0 amide bonds. The molecule has 3 nitrogen and oxygen atoms in total. The number of rotatable bonds is 5. The van der Waals surface area contributed by atoms with E-state index in [1.165, 1.54) is 0 Å². The fourth-order valence-corrected chi connectivity index (χ4v) is 1.06. The Hall–Kier alpha value is -0.860. The summed E-state index contributed by atoms with van der Waals surface area (Å²) >= 11 is 0. The van der Waals surface area contributed by atoms with Crippen LogP contribution in [0.15, 0.2) is 0 Å². The van der Waals surface area contributed by atoms with E-state index in [0.29, 0.717) is 6.42 Å². The second-order valence-electron chi connectivity index (χ2n) is 3.05. The minimum absolute atomic E-state index is 0.0115. The normalized spacial score (nSPS) is 13.0. The lowest BCUT2D eigenvalue weighted by molar-refractivity contribution is -0.140. The zero-order valence-electron chi connectivity index (χ0n) is 7.76. The summed E-state index contributed by atoms with van der Waals surface area (Å²) in [5.41, 5.74) is 0. The topological polar surface area (TPSA) is 54.4 Å². The highest BCUT2D eigenvalue weighted by molar-refractivity contribution is 5.86. The molecule has 0 heterocycles. The van der Waals surface area contributed by atoms with Gasteiger partial charge in [-0.15, -0.1) is 0 Å². The number of carbonyl (C=O) groups is 2. The number of hydrogen-bond donors (Lipinski definition) is 1. The second-order valence-corrected chi connectivity index (χ2v) is 3.05. The molecule has 0 aromatic carbocycles. The minimum Gasteiger partial charge on any atom is -0.481 e. The van der Waals surface area contributed by atoms with Crippen LogP contribution in [0.5, 0.6) is 0 Å². The molecule has 1 atom stereocenters. The summed E-state index contributed by atoms with van der Waals surface area (Å²) in [6.07, 6.45) is 0.331. The van der Waals surface area contributed by atoms with Crippen molar-refractivity contribution in [3.8, 4) is 0 Å². The molecule has 0 aliphatic carbocycles. The van der Waals surface area contributed by atoms with E-state index in [4.69, 9.17) is 5.11 Å². The van der Waals surface area contributed by atoms with Crippen LogP contribution in [-0.4, -0.2) is 16.9 Å². The largest absolute Gasteiger partial charge is 0.481 e. The van der Waals surface area contributed by atoms with Crippen LogP contribution in [0, 0.1) is 11.8 Å². The van der Waals surface area contributed by atoms with Crippen LogP contribution >= 0.6 is 0 Å². The summed E-state index contributed by atoms with van der Waals surface area (Å²) in [6.45, 7) is 5.34. The Morgan fingerprint density at radius 2 is 1.83 bits per heavy atom. The fraction of sp³-hybridized carbons (Fsp3) is 0.667. The van der Waals surface area contributed by atoms with Crippen molar-refractivity contribution in [2.75, 3.05) is 0 Å². The van der Waals surface area contributed by atoms with E-state index in [0.717, 1.165) is 5.92 Å². The zero-order chi connectivity index (χ0) is 9.72. The molecule has 69 valence electrons. The molecule has 1 radical (unpaired) electrons. The molecule has 0 spiro atoms. The van der Waals surface area contributed by atoms with Crippen molar-refractivity contribution in [1.29, 1.82) is 0 Å². The van der Waals surface area contributed by atoms with Gasteiger partial charge in [-0.25, -0.2) is 0 Å². The Kier molecular flexibility index (Phi) is 4.55. The highest BCUT2D eigenvalue weighted by Crippen LogP contribution is 2.19. The molecule has 0 saturated heterocycles. The van der Waals surface area contributed by atoms with Crippen LogP contribution in [0.2, 0.25) is 0 Å². The van der Waals surface area contributed by atoms with Gasteiger partial charge in [-0.2, -0.15) is 0 Å². The first-order valence-corrected chi connectivity index (χ1v) is 4.03. The highest BCUT2D eigenvalue weighted by atomic mass is 16.4. The number of ketones is 1. The zero-order valence-corrected chi connectivity index (χ0v) is 7.76. The molecule has 3 heteroatoms. The Morgan fingerprint density at radius 1 is 1.33 bits per heavy atom. The molecule has 0 bridgehead atoms. The molecule has 12 heavy (non-hydrogen) atoms. The van der Waals surface area contributed by atoms with Crippen LogP contribution in [-0.2, 0) is 9.59 Å². The lowest BCUT2D eigenvalue weighted by atomic mass is 9.87. The van der Waals surface area contributed by atoms with Crippen molar-refractivity contribution in [2.45, 2.75) is 33.6 Å². The molecule has 0 aromatic heterocycles. The van der Waals surface area contributed by atoms with Crippen LogP contribution in [0.1, 0.15) is 33.6 Å². The molecular formula is C9H15O3. The maximum Gasteiger partial charge on any atom is 0.304 e. The monoisotopic (exact) mass is 171 g/mol. The van der Waals surface area contributed by atoms with Gasteiger partial charge >= 0.3 is 5.97 Å². The summed E-state index contributed by atoms with van der Waals surface area (Å²) in [6, 6.07) is 0. The number of Topliss-reactive ketones (excluding diaryl/α,β-unsaturated/α-hetero) is 1. The Morgan fingerprint density at radius 3 is 2.08 bits per heavy atom. The van der Waals surface area contributed by atoms with Crippen molar-refractivity contribution in [3.63, 3.8) is 0 Å². The van der Waals surface area contributed by atoms with Gasteiger partial charge in [-0.1, -0.05) is 20.8 Å². The highest BCUT2D eigenvalue weighted by Gasteiger charge is 2.23. The minimum atomic E-state index is -0.914. The van der Waals surface area contributed by atoms with Crippen molar-refractivity contribution in [1.82, 2.24) is 0 Å². The summed E-state index contributed by atoms with van der Waals surface area (Å²) in [4.78, 5) is 21.6. The number of carbonyl (C=O) groups excluding carboxylic acids is 1. The van der Waals surface area contributed by atoms with E-state index >= 15 is 0 Å². The van der Waals surface area contributed by atoms with Gasteiger partial charge in [0.15, 0.2) is 0 Å². The van der Waals surface area contributed by atoms with Gasteiger partial charge in [0.1, 0.15) is 5.78 Å². The Balaban J connectivity index is 4.23. The molecule has 0 rings (SSSR count). The van der Waals surface area contributed by atoms with Gasteiger partial charge in [-0.05, 0) is 5.92 Å². The number of aliphatic carboxylic acids is 1. The summed E-state index contributed by atoms with van der Waals surface area (Å²) in [7, 11) is 0. The first-order valence-electron chi connectivity index (χ1n) is 4.03. The summed E-state index contributed by atoms with van der Waals surface area (Å²) in [5, 5.41) is 8.51. The molecule has 0 aliphatic heterocycles. The quantitative estimate of drug-likeness (QED) is 0.684. The Bertz CT molecular complexity index is 173. The van der Waals surface area contributed by atoms with Crippen LogP contribution in [0.3, 0.4) is 0 Å². The molecule has 1 unspecified atom stereocenters. The average molecular weight is 171 g/mol. The van der Waals surface area contributed by atoms with Crippen molar-refractivity contribution >= 4 is 11.8 Å². The van der Waals surface area contributed by atoms with Gasteiger partial charge in [0.05, 0.1) is 6.42 Å². The smallest absolute Gasteiger partial charge is 0.304 e. The Labute approximate surface area is 72.8 Å². The maximum absolute atomic E-state index is 11.2. The third-order valence-corrected chi connectivity index (χ3v) is 1.81. The molecule has 0 aromatic rings. The molecule has 0 aliphatic rings. The predicted molar refractivity (Wildman–Crippen MR) is 45.6 cm³/mol. The first-order chi connectivity index (χ1) is 5.49. The SMILES string of the molecule is CCC(=O)C(CC(=O)O)[C](C)C. The van der Waals surface area contributed by atoms with E-state index < -0.39 is 11.9 Å². The third kappa shape index (κ3) is 3.51. The van der Waals surface area contributed by atoms with Gasteiger partial charge < -0.3 is 5.11 Å². The molecule has 0 saturated carbocycles. The number of hydrogen-bond acceptors (Lipinski definition) is 2.